The fourth-order valence-electron chi connectivity index (χ4n) is 0.252. The van der Waals surface area contributed by atoms with Gasteiger partial charge >= 0.3 is 38.1 Å². The van der Waals surface area contributed by atoms with Crippen molar-refractivity contribution >= 4 is 35.2 Å². The maximum absolute atomic E-state index is 10.3. The van der Waals surface area contributed by atoms with Crippen LogP contribution in [0.25, 0.3) is 0 Å². The van der Waals surface area contributed by atoms with E-state index in [-0.39, 0.29) is 25.8 Å². The largest absolute Gasteiger partial charge is 1.00 e. The molecule has 0 aromatic carbocycles. The molecular weight excluding hydrogens is 230 g/mol. The summed E-state index contributed by atoms with van der Waals surface area (Å²) in [6.45, 7) is 0. The summed E-state index contributed by atoms with van der Waals surface area (Å²) >= 11 is 2.71. The first kappa shape index (κ1) is 14.5. The SMILES string of the molecule is O=C(OCBr)C(=O)OB(O)O.[H-].[Li+]. The molecule has 0 saturated carbocycles. The number of ether oxygens (including phenoxy) is 1. The first-order valence-corrected chi connectivity index (χ1v) is 3.50. The summed E-state index contributed by atoms with van der Waals surface area (Å²) in [7, 11) is -2.30. The number of alkyl halides is 1. The molecule has 6 nitrogen and oxygen atoms in total. The molecule has 0 fully saturated rings. The number of esters is 1. The van der Waals surface area contributed by atoms with Crippen molar-refractivity contribution in [2.75, 3.05) is 5.52 Å². The molecule has 0 amide bonds. The van der Waals surface area contributed by atoms with Crippen molar-refractivity contribution in [1.29, 1.82) is 0 Å². The van der Waals surface area contributed by atoms with E-state index in [1.807, 2.05) is 0 Å². The van der Waals surface area contributed by atoms with Crippen molar-refractivity contribution in [1.82, 2.24) is 0 Å². The summed E-state index contributed by atoms with van der Waals surface area (Å²) in [5.74, 6) is -2.76. The second kappa shape index (κ2) is 7.64. The smallest absolute Gasteiger partial charge is 1.00 e. The summed E-state index contributed by atoms with van der Waals surface area (Å²) in [5, 5.41) is 16.1. The fraction of sp³-hybridized carbons (Fsp3) is 0.333. The van der Waals surface area contributed by atoms with Gasteiger partial charge in [0.2, 0.25) is 0 Å². The Morgan fingerprint density at radius 1 is 1.42 bits per heavy atom. The molecule has 0 aromatic rings. The molecule has 2 N–H and O–H groups in total. The van der Waals surface area contributed by atoms with Crippen LogP contribution in [0.1, 0.15) is 1.43 Å². The summed E-state index contributed by atoms with van der Waals surface area (Å²) in [6, 6.07) is 0. The minimum absolute atomic E-state index is 0. The maximum Gasteiger partial charge on any atom is 1.00 e. The molecule has 9 heteroatoms. The van der Waals surface area contributed by atoms with Gasteiger partial charge in [0.05, 0.1) is 0 Å². The van der Waals surface area contributed by atoms with E-state index in [4.69, 9.17) is 10.0 Å². The fourth-order valence-corrected chi connectivity index (χ4v) is 0.460. The first-order chi connectivity index (χ1) is 5.07. The van der Waals surface area contributed by atoms with Gasteiger partial charge in [-0.2, -0.15) is 0 Å². The van der Waals surface area contributed by atoms with Gasteiger partial charge in [-0.1, -0.05) is 0 Å². The number of halogens is 1. The van der Waals surface area contributed by atoms with Crippen molar-refractivity contribution < 1.29 is 49.3 Å². The quantitative estimate of drug-likeness (QED) is 0.217. The van der Waals surface area contributed by atoms with Gasteiger partial charge in [0, 0.05) is 0 Å². The molecule has 0 bridgehead atoms. The number of rotatable bonds is 2. The molecule has 0 heterocycles. The molecule has 0 aliphatic carbocycles. The minimum Gasteiger partial charge on any atom is -1.00 e. The number of hydrogen-bond acceptors (Lipinski definition) is 6. The van der Waals surface area contributed by atoms with E-state index in [1.165, 1.54) is 0 Å². The van der Waals surface area contributed by atoms with E-state index in [0.717, 1.165) is 0 Å². The molecule has 0 saturated heterocycles. The molecule has 0 radical (unpaired) electrons. The summed E-state index contributed by atoms with van der Waals surface area (Å²) in [5.41, 5.74) is -0.164. The van der Waals surface area contributed by atoms with Crippen LogP contribution in [0.3, 0.4) is 0 Å². The van der Waals surface area contributed by atoms with Crippen molar-refractivity contribution in [2.24, 2.45) is 0 Å². The Morgan fingerprint density at radius 2 is 1.92 bits per heavy atom. The normalized spacial score (nSPS) is 7.92. The molecule has 0 unspecified atom stereocenters. The zero-order chi connectivity index (χ0) is 8.85. The van der Waals surface area contributed by atoms with Crippen molar-refractivity contribution in [3.8, 4) is 0 Å². The third-order valence-corrected chi connectivity index (χ3v) is 0.794. The Morgan fingerprint density at radius 3 is 2.25 bits per heavy atom. The minimum atomic E-state index is -2.30. The first-order valence-electron chi connectivity index (χ1n) is 2.37. The molecule has 0 spiro atoms. The van der Waals surface area contributed by atoms with E-state index < -0.39 is 19.3 Å². The molecule has 64 valence electrons. The average molecular weight is 235 g/mol. The van der Waals surface area contributed by atoms with Crippen molar-refractivity contribution in [3.63, 3.8) is 0 Å². The van der Waals surface area contributed by atoms with Gasteiger partial charge in [0.25, 0.3) is 0 Å². The van der Waals surface area contributed by atoms with Crippen LogP contribution >= 0.6 is 15.9 Å². The Hall–Kier alpha value is 0.00234. The Balaban J connectivity index is -0.000000500. The summed E-state index contributed by atoms with van der Waals surface area (Å²) in [6.07, 6.45) is 0. The Bertz CT molecular complexity index is 168. The van der Waals surface area contributed by atoms with E-state index in [0.29, 0.717) is 0 Å². The summed E-state index contributed by atoms with van der Waals surface area (Å²) < 4.78 is 7.73. The number of hydrogen-bond donors (Lipinski definition) is 2. The van der Waals surface area contributed by atoms with Crippen LogP contribution in [-0.2, 0) is 19.0 Å². The zero-order valence-electron chi connectivity index (χ0n) is 7.19. The molecule has 0 atom stereocenters. The van der Waals surface area contributed by atoms with Crippen molar-refractivity contribution in [3.05, 3.63) is 0 Å². The van der Waals surface area contributed by atoms with Gasteiger partial charge < -0.3 is 20.9 Å². The standard InChI is InChI=1S/C3H4BBrO6.Li.H/c5-1-10-2(6)3(7)11-4(8)9;;/h8-9H,1H2;;/q;+1;-1. The van der Waals surface area contributed by atoms with Gasteiger partial charge in [0.1, 0.15) is 5.52 Å². The van der Waals surface area contributed by atoms with E-state index in [9.17, 15) is 9.59 Å². The van der Waals surface area contributed by atoms with Gasteiger partial charge in [0.15, 0.2) is 0 Å². The van der Waals surface area contributed by atoms with Gasteiger partial charge in [-0.15, -0.1) is 0 Å². The van der Waals surface area contributed by atoms with Gasteiger partial charge in [-0.05, 0) is 15.9 Å². The number of carbonyl (C=O) groups excluding carboxylic acids is 2. The van der Waals surface area contributed by atoms with Crippen LogP contribution in [0.5, 0.6) is 0 Å². The zero-order valence-corrected chi connectivity index (χ0v) is 7.78. The molecule has 0 aliphatic heterocycles. The second-order valence-electron chi connectivity index (χ2n) is 1.27. The predicted molar refractivity (Wildman–Crippen MR) is 37.3 cm³/mol. The third-order valence-electron chi connectivity index (χ3n) is 0.565. The van der Waals surface area contributed by atoms with Crippen LogP contribution in [0.2, 0.25) is 0 Å². The van der Waals surface area contributed by atoms with Crippen LogP contribution in [0.15, 0.2) is 0 Å². The van der Waals surface area contributed by atoms with Crippen LogP contribution < -0.4 is 18.9 Å². The molecule has 0 aromatic heterocycles. The van der Waals surface area contributed by atoms with Crippen LogP contribution in [0.4, 0.5) is 0 Å². The third kappa shape index (κ3) is 6.70. The molecule has 12 heavy (non-hydrogen) atoms. The average Bonchev–Trinajstić information content (AvgIpc) is 1.86. The molecule has 0 aliphatic rings. The van der Waals surface area contributed by atoms with Gasteiger partial charge in [-0.25, -0.2) is 9.59 Å². The Kier molecular flexibility index (Phi) is 9.25. The van der Waals surface area contributed by atoms with Crippen molar-refractivity contribution in [2.45, 2.75) is 0 Å². The van der Waals surface area contributed by atoms with Gasteiger partial charge in [-0.3, -0.25) is 0 Å². The summed E-state index contributed by atoms with van der Waals surface area (Å²) in [4.78, 5) is 20.6. The topological polar surface area (TPSA) is 93.1 Å². The van der Waals surface area contributed by atoms with E-state index in [1.54, 1.807) is 0 Å². The Labute approximate surface area is 90.2 Å². The maximum atomic E-state index is 10.3. The molecular formula is C3H5BBrLiO6. The number of carbonyl (C=O) groups is 2. The van der Waals surface area contributed by atoms with E-state index >= 15 is 0 Å². The van der Waals surface area contributed by atoms with Crippen LogP contribution in [0, 0.1) is 0 Å². The predicted octanol–water partition coefficient (Wildman–Crippen LogP) is -4.49. The monoisotopic (exact) mass is 234 g/mol. The van der Waals surface area contributed by atoms with E-state index in [2.05, 4.69) is 25.3 Å². The second-order valence-corrected chi connectivity index (χ2v) is 1.73. The molecule has 0 rings (SSSR count). The van der Waals surface area contributed by atoms with Crippen LogP contribution in [-0.4, -0.2) is 34.8 Å².